The smallest absolute Gasteiger partial charge is 0.239 e. The Morgan fingerprint density at radius 3 is 3.00 bits per heavy atom. The average molecular weight is 261 g/mol. The predicted octanol–water partition coefficient (Wildman–Crippen LogP) is 1.78. The molecule has 0 N–H and O–H groups in total. The highest BCUT2D eigenvalue weighted by atomic mass is 127. The van der Waals surface area contributed by atoms with E-state index in [0.29, 0.717) is 5.75 Å². The first kappa shape index (κ1) is 8.52. The standard InChI is InChI=1S/C8H6IO2/c9-7-2-1-3-8(6-7)11-5-4-10/h1-3,6H,5H2. The molecular formula is C8H6IO2. The summed E-state index contributed by atoms with van der Waals surface area (Å²) in [5, 5.41) is 0. The fourth-order valence-electron chi connectivity index (χ4n) is 0.670. The normalized spacial score (nSPS) is 9.18. The van der Waals surface area contributed by atoms with Crippen molar-refractivity contribution in [2.75, 3.05) is 6.61 Å². The monoisotopic (exact) mass is 261 g/mol. The topological polar surface area (TPSA) is 26.3 Å². The summed E-state index contributed by atoms with van der Waals surface area (Å²) in [6.45, 7) is 0.0000926. The third-order valence-corrected chi connectivity index (χ3v) is 1.76. The first-order chi connectivity index (χ1) is 5.33. The van der Waals surface area contributed by atoms with E-state index < -0.39 is 0 Å². The summed E-state index contributed by atoms with van der Waals surface area (Å²) < 4.78 is 6.10. The van der Waals surface area contributed by atoms with Crippen LogP contribution in [0.5, 0.6) is 5.75 Å². The summed E-state index contributed by atoms with van der Waals surface area (Å²) in [6, 6.07) is 7.50. The molecule has 0 spiro atoms. The maximum atomic E-state index is 9.81. The molecular weight excluding hydrogens is 255 g/mol. The van der Waals surface area contributed by atoms with Crippen LogP contribution in [-0.2, 0) is 4.79 Å². The summed E-state index contributed by atoms with van der Waals surface area (Å²) in [5.41, 5.74) is 0. The first-order valence-corrected chi connectivity index (χ1v) is 4.14. The molecule has 0 bridgehead atoms. The van der Waals surface area contributed by atoms with Gasteiger partial charge in [-0.25, -0.2) is 0 Å². The number of halogens is 1. The minimum absolute atomic E-state index is 0.0000926. The van der Waals surface area contributed by atoms with Gasteiger partial charge in [0.25, 0.3) is 0 Å². The molecule has 0 aliphatic rings. The zero-order chi connectivity index (χ0) is 8.10. The number of carbonyl (C=O) groups excluding carboxylic acids is 1. The van der Waals surface area contributed by atoms with Gasteiger partial charge in [-0.05, 0) is 40.8 Å². The SMILES string of the molecule is O=[C]COc1cccc(I)c1. The van der Waals surface area contributed by atoms with Gasteiger partial charge in [0.15, 0.2) is 6.61 Å². The Morgan fingerprint density at radius 1 is 1.55 bits per heavy atom. The van der Waals surface area contributed by atoms with Crippen molar-refractivity contribution < 1.29 is 9.53 Å². The van der Waals surface area contributed by atoms with E-state index in [1.54, 1.807) is 12.4 Å². The zero-order valence-corrected chi connectivity index (χ0v) is 7.87. The van der Waals surface area contributed by atoms with Crippen LogP contribution in [0.3, 0.4) is 0 Å². The molecule has 1 aromatic carbocycles. The Balaban J connectivity index is 2.63. The lowest BCUT2D eigenvalue weighted by atomic mass is 10.3. The van der Waals surface area contributed by atoms with Crippen LogP contribution in [0.15, 0.2) is 24.3 Å². The minimum atomic E-state index is 0.0000926. The molecule has 0 unspecified atom stereocenters. The summed E-state index contributed by atoms with van der Waals surface area (Å²) in [5.74, 6) is 0.709. The Labute approximate surface area is 78.7 Å². The molecule has 3 heteroatoms. The lowest BCUT2D eigenvalue weighted by molar-refractivity contribution is 0.364. The first-order valence-electron chi connectivity index (χ1n) is 3.06. The van der Waals surface area contributed by atoms with Gasteiger partial charge in [-0.15, -0.1) is 0 Å². The maximum Gasteiger partial charge on any atom is 0.239 e. The molecule has 0 aliphatic heterocycles. The lowest BCUT2D eigenvalue weighted by Crippen LogP contribution is -1.97. The second-order valence-corrected chi connectivity index (χ2v) is 3.14. The van der Waals surface area contributed by atoms with E-state index in [0.717, 1.165) is 3.57 Å². The molecule has 11 heavy (non-hydrogen) atoms. The zero-order valence-electron chi connectivity index (χ0n) is 5.71. The van der Waals surface area contributed by atoms with Crippen LogP contribution < -0.4 is 4.74 Å². The summed E-state index contributed by atoms with van der Waals surface area (Å²) in [6.07, 6.45) is 1.66. The highest BCUT2D eigenvalue weighted by Gasteiger charge is 1.92. The van der Waals surface area contributed by atoms with Crippen LogP contribution in [-0.4, -0.2) is 12.9 Å². The Bertz CT molecular complexity index is 248. The number of hydrogen-bond acceptors (Lipinski definition) is 2. The van der Waals surface area contributed by atoms with Gasteiger partial charge in [0.05, 0.1) is 0 Å². The molecule has 0 atom stereocenters. The van der Waals surface area contributed by atoms with E-state index in [2.05, 4.69) is 22.6 Å². The van der Waals surface area contributed by atoms with Gasteiger partial charge < -0.3 is 4.74 Å². The maximum absolute atomic E-state index is 9.81. The summed E-state index contributed by atoms with van der Waals surface area (Å²) >= 11 is 2.18. The second kappa shape index (κ2) is 4.33. The Hall–Kier alpha value is -0.580. The van der Waals surface area contributed by atoms with E-state index in [1.807, 2.05) is 18.2 Å². The molecule has 1 aromatic rings. The van der Waals surface area contributed by atoms with Crippen molar-refractivity contribution in [2.24, 2.45) is 0 Å². The van der Waals surface area contributed by atoms with Crippen molar-refractivity contribution >= 4 is 28.9 Å². The highest BCUT2D eigenvalue weighted by Crippen LogP contribution is 2.13. The van der Waals surface area contributed by atoms with E-state index in [9.17, 15) is 4.79 Å². The highest BCUT2D eigenvalue weighted by molar-refractivity contribution is 14.1. The van der Waals surface area contributed by atoms with Gasteiger partial charge in [-0.1, -0.05) is 6.07 Å². The van der Waals surface area contributed by atoms with Gasteiger partial charge in [-0.3, -0.25) is 4.79 Å². The van der Waals surface area contributed by atoms with Crippen LogP contribution in [0.1, 0.15) is 0 Å². The third-order valence-electron chi connectivity index (χ3n) is 1.09. The molecule has 0 aliphatic carbocycles. The summed E-state index contributed by atoms with van der Waals surface area (Å²) in [7, 11) is 0. The molecule has 0 aromatic heterocycles. The van der Waals surface area contributed by atoms with Gasteiger partial charge in [0.1, 0.15) is 5.75 Å². The van der Waals surface area contributed by atoms with Crippen molar-refractivity contribution in [3.8, 4) is 5.75 Å². The molecule has 0 saturated carbocycles. The largest absolute Gasteiger partial charge is 0.485 e. The molecule has 57 valence electrons. The van der Waals surface area contributed by atoms with E-state index in [1.165, 1.54) is 0 Å². The number of benzene rings is 1. The number of rotatable bonds is 3. The number of ether oxygens (including phenoxy) is 1. The van der Waals surface area contributed by atoms with Crippen molar-refractivity contribution in [1.82, 2.24) is 0 Å². The molecule has 2 nitrogen and oxygen atoms in total. The summed E-state index contributed by atoms with van der Waals surface area (Å²) in [4.78, 5) is 9.81. The van der Waals surface area contributed by atoms with Crippen molar-refractivity contribution in [2.45, 2.75) is 0 Å². The van der Waals surface area contributed by atoms with Crippen LogP contribution in [0, 0.1) is 3.57 Å². The van der Waals surface area contributed by atoms with Gasteiger partial charge in [0.2, 0.25) is 6.29 Å². The van der Waals surface area contributed by atoms with Gasteiger partial charge >= 0.3 is 0 Å². The molecule has 0 fully saturated rings. The van der Waals surface area contributed by atoms with Crippen molar-refractivity contribution in [1.29, 1.82) is 0 Å². The fraction of sp³-hybridized carbons (Fsp3) is 0.125. The van der Waals surface area contributed by atoms with E-state index in [4.69, 9.17) is 4.74 Å². The average Bonchev–Trinajstić information content (AvgIpc) is 2.01. The fourth-order valence-corrected chi connectivity index (χ4v) is 1.18. The molecule has 0 amide bonds. The Morgan fingerprint density at radius 2 is 2.36 bits per heavy atom. The van der Waals surface area contributed by atoms with E-state index in [-0.39, 0.29) is 6.61 Å². The van der Waals surface area contributed by atoms with Crippen LogP contribution in [0.2, 0.25) is 0 Å². The predicted molar refractivity (Wildman–Crippen MR) is 50.3 cm³/mol. The molecule has 0 heterocycles. The second-order valence-electron chi connectivity index (χ2n) is 1.89. The van der Waals surface area contributed by atoms with E-state index >= 15 is 0 Å². The minimum Gasteiger partial charge on any atom is -0.485 e. The Kier molecular flexibility index (Phi) is 3.35. The lowest BCUT2D eigenvalue weighted by Gasteiger charge is -2.00. The number of hydrogen-bond donors (Lipinski definition) is 0. The van der Waals surface area contributed by atoms with Crippen LogP contribution >= 0.6 is 22.6 Å². The van der Waals surface area contributed by atoms with Gasteiger partial charge in [-0.2, -0.15) is 0 Å². The molecule has 1 rings (SSSR count). The van der Waals surface area contributed by atoms with Crippen molar-refractivity contribution in [3.63, 3.8) is 0 Å². The quantitative estimate of drug-likeness (QED) is 0.775. The third kappa shape index (κ3) is 2.88. The molecule has 1 radical (unpaired) electrons. The van der Waals surface area contributed by atoms with Crippen LogP contribution in [0.4, 0.5) is 0 Å². The van der Waals surface area contributed by atoms with Crippen LogP contribution in [0.25, 0.3) is 0 Å². The van der Waals surface area contributed by atoms with Gasteiger partial charge in [0, 0.05) is 3.57 Å². The van der Waals surface area contributed by atoms with Crippen molar-refractivity contribution in [3.05, 3.63) is 27.8 Å². The molecule has 0 saturated heterocycles.